The average molecular weight is 288 g/mol. The Bertz CT molecular complexity index is 342. The molecule has 0 radical (unpaired) electrons. The van der Waals surface area contributed by atoms with Gasteiger partial charge in [-0.3, -0.25) is 9.59 Å². The van der Waals surface area contributed by atoms with E-state index in [1.807, 2.05) is 0 Å². The summed E-state index contributed by atoms with van der Waals surface area (Å²) in [5, 5.41) is 0. The lowest BCUT2D eigenvalue weighted by atomic mass is 10.7. The Kier molecular flexibility index (Phi) is 7.92. The van der Waals surface area contributed by atoms with E-state index in [0.717, 1.165) is 0 Å². The standard InChI is InChI=1S/C10H12O8Si/c1-3-5-15-19(16-6-4-2,17-9(13)7-11)18-10(14)8-12/h3-4,7-8H,1-2,5-6H2. The summed E-state index contributed by atoms with van der Waals surface area (Å²) in [7, 11) is -4.31. The van der Waals surface area contributed by atoms with Crippen molar-refractivity contribution in [3.63, 3.8) is 0 Å². The van der Waals surface area contributed by atoms with E-state index < -0.39 is 21.0 Å². The smallest absolute Gasteiger partial charge is 0.437 e. The molecule has 0 rings (SSSR count). The maximum atomic E-state index is 11.0. The van der Waals surface area contributed by atoms with Crippen LogP contribution < -0.4 is 0 Å². The van der Waals surface area contributed by atoms with Crippen molar-refractivity contribution in [2.45, 2.75) is 0 Å². The Balaban J connectivity index is 5.13. The van der Waals surface area contributed by atoms with E-state index in [9.17, 15) is 19.2 Å². The molecule has 0 fully saturated rings. The van der Waals surface area contributed by atoms with Gasteiger partial charge in [0.2, 0.25) is 12.6 Å². The lowest BCUT2D eigenvalue weighted by Gasteiger charge is -2.23. The monoisotopic (exact) mass is 288 g/mol. The molecular weight excluding hydrogens is 276 g/mol. The van der Waals surface area contributed by atoms with Gasteiger partial charge >= 0.3 is 21.0 Å². The molecule has 0 aliphatic rings. The lowest BCUT2D eigenvalue weighted by Crippen LogP contribution is -2.52. The number of aldehydes is 2. The minimum absolute atomic E-state index is 0.162. The molecule has 0 atom stereocenters. The van der Waals surface area contributed by atoms with E-state index in [0.29, 0.717) is 0 Å². The molecule has 0 N–H and O–H groups in total. The molecule has 0 aromatic heterocycles. The second kappa shape index (κ2) is 8.91. The van der Waals surface area contributed by atoms with Gasteiger partial charge < -0.3 is 17.7 Å². The Morgan fingerprint density at radius 2 is 1.26 bits per heavy atom. The van der Waals surface area contributed by atoms with Crippen LogP contribution in [0.4, 0.5) is 0 Å². The van der Waals surface area contributed by atoms with Gasteiger partial charge in [-0.15, -0.1) is 13.2 Å². The van der Waals surface area contributed by atoms with Crippen molar-refractivity contribution in [3.8, 4) is 0 Å². The van der Waals surface area contributed by atoms with Gasteiger partial charge in [0.1, 0.15) is 0 Å². The summed E-state index contributed by atoms with van der Waals surface area (Å²) in [5.41, 5.74) is 0. The van der Waals surface area contributed by atoms with Crippen LogP contribution in [0.5, 0.6) is 0 Å². The van der Waals surface area contributed by atoms with Crippen LogP contribution in [0.25, 0.3) is 0 Å². The Morgan fingerprint density at radius 3 is 1.53 bits per heavy atom. The number of carbonyl (C=O) groups is 4. The van der Waals surface area contributed by atoms with Crippen LogP contribution in [0, 0.1) is 0 Å². The fourth-order valence-electron chi connectivity index (χ4n) is 0.797. The highest BCUT2D eigenvalue weighted by Gasteiger charge is 2.54. The molecule has 0 heterocycles. The van der Waals surface area contributed by atoms with Crippen molar-refractivity contribution in [2.75, 3.05) is 13.2 Å². The third kappa shape index (κ3) is 6.40. The van der Waals surface area contributed by atoms with E-state index >= 15 is 0 Å². The van der Waals surface area contributed by atoms with Crippen molar-refractivity contribution in [3.05, 3.63) is 25.3 Å². The number of hydrogen-bond acceptors (Lipinski definition) is 8. The maximum absolute atomic E-state index is 11.0. The van der Waals surface area contributed by atoms with E-state index in [1.54, 1.807) is 0 Å². The summed E-state index contributed by atoms with van der Waals surface area (Å²) in [6, 6.07) is 0. The number of carbonyl (C=O) groups excluding carboxylic acids is 4. The first-order chi connectivity index (χ1) is 9.03. The largest absolute Gasteiger partial charge is 0.825 e. The van der Waals surface area contributed by atoms with Crippen LogP contribution in [0.15, 0.2) is 25.3 Å². The predicted molar refractivity (Wildman–Crippen MR) is 62.4 cm³/mol. The summed E-state index contributed by atoms with van der Waals surface area (Å²) in [4.78, 5) is 42.5. The molecule has 0 saturated carbocycles. The molecule has 8 nitrogen and oxygen atoms in total. The Morgan fingerprint density at radius 1 is 0.895 bits per heavy atom. The van der Waals surface area contributed by atoms with E-state index in [2.05, 4.69) is 22.0 Å². The van der Waals surface area contributed by atoms with Crippen LogP contribution >= 0.6 is 0 Å². The lowest BCUT2D eigenvalue weighted by molar-refractivity contribution is -0.156. The number of rotatable bonds is 10. The quantitative estimate of drug-likeness (QED) is 0.225. The van der Waals surface area contributed by atoms with Gasteiger partial charge in [0, 0.05) is 0 Å². The molecule has 0 saturated heterocycles. The molecule has 0 unspecified atom stereocenters. The molecule has 0 amide bonds. The first-order valence-electron chi connectivity index (χ1n) is 4.89. The molecule has 104 valence electrons. The second-order valence-corrected chi connectivity index (χ2v) is 4.76. The summed E-state index contributed by atoms with van der Waals surface area (Å²) < 4.78 is 19.1. The molecule has 0 bridgehead atoms. The molecule has 0 aromatic carbocycles. The molecule has 0 aromatic rings. The maximum Gasteiger partial charge on any atom is 0.825 e. The zero-order valence-electron chi connectivity index (χ0n) is 9.90. The zero-order chi connectivity index (χ0) is 14.7. The van der Waals surface area contributed by atoms with Gasteiger partial charge in [0.05, 0.1) is 13.2 Å². The topological polar surface area (TPSA) is 105 Å². The van der Waals surface area contributed by atoms with Crippen molar-refractivity contribution in [2.24, 2.45) is 0 Å². The zero-order valence-corrected chi connectivity index (χ0v) is 10.9. The molecule has 9 heteroatoms. The van der Waals surface area contributed by atoms with E-state index in [-0.39, 0.29) is 25.8 Å². The van der Waals surface area contributed by atoms with Crippen LogP contribution in [0.1, 0.15) is 0 Å². The van der Waals surface area contributed by atoms with Crippen LogP contribution in [0.3, 0.4) is 0 Å². The minimum Gasteiger partial charge on any atom is -0.437 e. The molecule has 0 aliphatic carbocycles. The average Bonchev–Trinajstić information content (AvgIpc) is 2.42. The first kappa shape index (κ1) is 16.9. The predicted octanol–water partition coefficient (Wildman–Crippen LogP) is -0.689. The first-order valence-corrected chi connectivity index (χ1v) is 6.53. The van der Waals surface area contributed by atoms with Gasteiger partial charge in [-0.05, 0) is 0 Å². The highest BCUT2D eigenvalue weighted by atomic mass is 28.4. The van der Waals surface area contributed by atoms with Gasteiger partial charge in [-0.1, -0.05) is 12.2 Å². The second-order valence-electron chi connectivity index (χ2n) is 2.78. The van der Waals surface area contributed by atoms with Gasteiger partial charge in [0.15, 0.2) is 0 Å². The third-order valence-electron chi connectivity index (χ3n) is 1.40. The van der Waals surface area contributed by atoms with E-state index in [1.165, 1.54) is 12.2 Å². The fraction of sp³-hybridized carbons (Fsp3) is 0.200. The van der Waals surface area contributed by atoms with Gasteiger partial charge in [-0.2, -0.15) is 0 Å². The Hall–Kier alpha value is -2.10. The van der Waals surface area contributed by atoms with Gasteiger partial charge in [0.25, 0.3) is 0 Å². The number of hydrogen-bond donors (Lipinski definition) is 0. The highest BCUT2D eigenvalue weighted by Crippen LogP contribution is 2.12. The SMILES string of the molecule is C=CCO[Si](OCC=C)(OC(=O)C=O)OC(=O)C=O. The van der Waals surface area contributed by atoms with E-state index in [4.69, 9.17) is 8.85 Å². The summed E-state index contributed by atoms with van der Waals surface area (Å²) in [5.74, 6) is -2.73. The summed E-state index contributed by atoms with van der Waals surface area (Å²) in [6.07, 6.45) is 2.21. The van der Waals surface area contributed by atoms with Crippen molar-refractivity contribution in [1.82, 2.24) is 0 Å². The summed E-state index contributed by atoms with van der Waals surface area (Å²) in [6.45, 7) is 6.30. The highest BCUT2D eigenvalue weighted by molar-refractivity contribution is 6.60. The molecular formula is C10H12O8Si. The van der Waals surface area contributed by atoms with Crippen LogP contribution in [0.2, 0.25) is 0 Å². The molecule has 0 aliphatic heterocycles. The van der Waals surface area contributed by atoms with Gasteiger partial charge in [-0.25, -0.2) is 9.59 Å². The van der Waals surface area contributed by atoms with Crippen LogP contribution in [-0.2, 0) is 36.9 Å². The van der Waals surface area contributed by atoms with Crippen molar-refractivity contribution < 1.29 is 36.9 Å². The fourth-order valence-corrected chi connectivity index (χ4v) is 2.39. The molecule has 19 heavy (non-hydrogen) atoms. The Labute approximate surface area is 110 Å². The van der Waals surface area contributed by atoms with Crippen molar-refractivity contribution in [1.29, 1.82) is 0 Å². The minimum atomic E-state index is -4.31. The third-order valence-corrected chi connectivity index (χ3v) is 3.34. The summed E-state index contributed by atoms with van der Waals surface area (Å²) >= 11 is 0. The van der Waals surface area contributed by atoms with Crippen LogP contribution in [-0.4, -0.2) is 46.8 Å². The normalized spacial score (nSPS) is 10.1. The molecule has 0 spiro atoms. The van der Waals surface area contributed by atoms with Crippen molar-refractivity contribution >= 4 is 33.6 Å².